The number of phosphoric ester groups is 1. The lowest BCUT2D eigenvalue weighted by molar-refractivity contribution is -0.129. The number of nitrogens with two attached hydrogens (primary N) is 1. The minimum absolute atomic E-state index is 0.245. The Bertz CT molecular complexity index is 1140. The zero-order chi connectivity index (χ0) is 26.5. The van der Waals surface area contributed by atoms with Gasteiger partial charge in [-0.15, -0.1) is 0 Å². The number of hydrogen-bond acceptors (Lipinski definition) is 12. The fourth-order valence-corrected chi connectivity index (χ4v) is 6.34. The van der Waals surface area contributed by atoms with E-state index in [0.717, 1.165) is 13.8 Å². The van der Waals surface area contributed by atoms with Gasteiger partial charge in [-0.25, -0.2) is 27.3 Å². The number of phosphoric acid groups is 3. The summed E-state index contributed by atoms with van der Waals surface area (Å²) in [7, 11) is -17.3. The predicted molar refractivity (Wildman–Crippen MR) is 103 cm³/mol. The molecule has 17 nitrogen and oxygen atoms in total. The Kier molecular flexibility index (Phi) is 8.01. The average molecular weight is 561 g/mol. The van der Waals surface area contributed by atoms with E-state index in [-0.39, 0.29) is 4.57 Å². The van der Waals surface area contributed by atoms with Gasteiger partial charge in [0.25, 0.3) is 0 Å². The van der Waals surface area contributed by atoms with Crippen LogP contribution in [-0.4, -0.2) is 69.4 Å². The van der Waals surface area contributed by atoms with Gasteiger partial charge < -0.3 is 40.3 Å². The molecule has 3 unspecified atom stereocenters. The molecule has 8 N–H and O–H groups in total. The molecule has 2 rings (SSSR count). The van der Waals surface area contributed by atoms with Crippen molar-refractivity contribution >= 4 is 29.3 Å². The molecule has 196 valence electrons. The van der Waals surface area contributed by atoms with E-state index in [2.05, 4.69) is 18.1 Å². The molecule has 1 aromatic heterocycles. The maximum atomic E-state index is 13.8. The summed E-state index contributed by atoms with van der Waals surface area (Å²) in [4.78, 5) is 51.3. The number of ether oxygens (including phenoxy) is 1. The van der Waals surface area contributed by atoms with Gasteiger partial charge in [-0.3, -0.25) is 9.09 Å². The number of aliphatic hydroxyl groups is 2. The van der Waals surface area contributed by atoms with Crippen molar-refractivity contribution in [2.24, 2.45) is 0 Å². The van der Waals surface area contributed by atoms with Crippen molar-refractivity contribution in [1.82, 2.24) is 9.55 Å². The van der Waals surface area contributed by atoms with Crippen LogP contribution in [0.5, 0.6) is 0 Å². The topological polar surface area (TPSA) is 270 Å². The third-order valence-electron chi connectivity index (χ3n) is 4.35. The van der Waals surface area contributed by atoms with E-state index in [1.54, 1.807) is 0 Å². The Hall–Kier alpha value is -1.17. The molecule has 1 aliphatic rings. The standard InChI is InChI=1S/C12H20F2N3O14P3/c1-11(2,29-33(24,25)31-34(26,27)30-32(21,22)23)7-6(18)12(20,4-13)9(28-7)17-3-5(14)8(15)16-10(17)19/h3,6-7,9,18,20H,4H2,1-2H3,(H,24,25)(H,26,27)(H2,15,16,19)(H2,21,22,23)/t6?,7-,9+,12+/m0/s1. The van der Waals surface area contributed by atoms with Crippen molar-refractivity contribution in [2.75, 3.05) is 12.4 Å². The molecule has 0 aliphatic carbocycles. The Morgan fingerprint density at radius 1 is 1.24 bits per heavy atom. The third kappa shape index (κ3) is 6.33. The van der Waals surface area contributed by atoms with E-state index in [4.69, 9.17) is 20.3 Å². The molecule has 0 aromatic carbocycles. The fraction of sp³-hybridized carbons (Fsp3) is 0.667. The number of nitrogen functional groups attached to an aromatic ring is 1. The first-order valence-corrected chi connectivity index (χ1v) is 13.2. The van der Waals surface area contributed by atoms with Crippen molar-refractivity contribution < 1.29 is 70.1 Å². The molecular weight excluding hydrogens is 541 g/mol. The van der Waals surface area contributed by atoms with Gasteiger partial charge in [0, 0.05) is 0 Å². The molecule has 0 bridgehead atoms. The summed E-state index contributed by atoms with van der Waals surface area (Å²) >= 11 is 0. The van der Waals surface area contributed by atoms with Crippen LogP contribution in [0, 0.1) is 5.82 Å². The molecule has 6 atom stereocenters. The quantitative estimate of drug-likeness (QED) is 0.179. The van der Waals surface area contributed by atoms with E-state index in [1.165, 1.54) is 0 Å². The summed E-state index contributed by atoms with van der Waals surface area (Å²) < 4.78 is 79.2. The lowest BCUT2D eigenvalue weighted by atomic mass is 9.88. The Morgan fingerprint density at radius 3 is 2.29 bits per heavy atom. The third-order valence-corrected chi connectivity index (χ3v) is 8.38. The minimum atomic E-state index is -5.90. The maximum absolute atomic E-state index is 13.8. The first-order chi connectivity index (χ1) is 15.1. The number of aliphatic hydroxyl groups excluding tert-OH is 1. The van der Waals surface area contributed by atoms with E-state index in [0.29, 0.717) is 6.20 Å². The summed E-state index contributed by atoms with van der Waals surface area (Å²) in [6.07, 6.45) is -6.16. The highest BCUT2D eigenvalue weighted by atomic mass is 31.3. The van der Waals surface area contributed by atoms with Crippen LogP contribution in [0.15, 0.2) is 11.0 Å². The number of aromatic nitrogens is 2. The summed E-state index contributed by atoms with van der Waals surface area (Å²) in [5.74, 6) is -2.12. The van der Waals surface area contributed by atoms with Gasteiger partial charge in [-0.2, -0.15) is 13.6 Å². The second-order valence-corrected chi connectivity index (χ2v) is 11.8. The van der Waals surface area contributed by atoms with Crippen LogP contribution in [-0.2, 0) is 31.6 Å². The van der Waals surface area contributed by atoms with Crippen molar-refractivity contribution in [2.45, 2.75) is 43.5 Å². The van der Waals surface area contributed by atoms with Gasteiger partial charge in [-0.05, 0) is 13.8 Å². The van der Waals surface area contributed by atoms with Crippen molar-refractivity contribution in [1.29, 1.82) is 0 Å². The number of anilines is 1. The van der Waals surface area contributed by atoms with Crippen molar-refractivity contribution in [3.05, 3.63) is 22.5 Å². The van der Waals surface area contributed by atoms with Crippen LogP contribution in [0.1, 0.15) is 20.1 Å². The summed E-state index contributed by atoms with van der Waals surface area (Å²) in [6.45, 7) is -0.0468. The molecule has 2 heterocycles. The number of alkyl halides is 1. The molecule has 22 heteroatoms. The second kappa shape index (κ2) is 9.37. The molecular formula is C12H20F2N3O14P3. The number of rotatable bonds is 9. The molecule has 34 heavy (non-hydrogen) atoms. The van der Waals surface area contributed by atoms with E-state index in [9.17, 15) is 47.3 Å². The first-order valence-electron chi connectivity index (χ1n) is 8.65. The highest BCUT2D eigenvalue weighted by Gasteiger charge is 2.62. The van der Waals surface area contributed by atoms with Gasteiger partial charge >= 0.3 is 29.2 Å². The normalized spacial score (nSPS) is 29.5. The minimum Gasteiger partial charge on any atom is -0.387 e. The van der Waals surface area contributed by atoms with E-state index < -0.39 is 77.1 Å². The highest BCUT2D eigenvalue weighted by molar-refractivity contribution is 7.66. The maximum Gasteiger partial charge on any atom is 0.490 e. The zero-order valence-electron chi connectivity index (χ0n) is 17.0. The Balaban J connectivity index is 2.38. The summed E-state index contributed by atoms with van der Waals surface area (Å²) in [5, 5.41) is 21.1. The molecule has 1 fully saturated rings. The van der Waals surface area contributed by atoms with Crippen molar-refractivity contribution in [3.63, 3.8) is 0 Å². The molecule has 0 radical (unpaired) electrons. The van der Waals surface area contributed by atoms with Crippen LogP contribution in [0.2, 0.25) is 0 Å². The number of nitrogens with zero attached hydrogens (tertiary/aromatic N) is 2. The Morgan fingerprint density at radius 2 is 1.79 bits per heavy atom. The van der Waals surface area contributed by atoms with E-state index in [1.807, 2.05) is 0 Å². The molecule has 0 spiro atoms. The van der Waals surface area contributed by atoms with Gasteiger partial charge in [0.2, 0.25) is 0 Å². The molecule has 0 saturated carbocycles. The fourth-order valence-electron chi connectivity index (χ4n) is 3.01. The number of hydrogen-bond donors (Lipinski definition) is 7. The van der Waals surface area contributed by atoms with Crippen LogP contribution in [0.25, 0.3) is 0 Å². The van der Waals surface area contributed by atoms with Crippen LogP contribution >= 0.6 is 23.5 Å². The molecule has 1 aliphatic heterocycles. The van der Waals surface area contributed by atoms with Gasteiger partial charge in [-0.1, -0.05) is 0 Å². The smallest absolute Gasteiger partial charge is 0.387 e. The summed E-state index contributed by atoms with van der Waals surface area (Å²) in [5.41, 5.74) is -1.51. The SMILES string of the molecule is CC(C)(OP(=O)(O)OP(=O)(O)OP(=O)(O)O)[C@H]1O[C@@H](n2cc(F)c(N)nc2=O)[C@@](O)(CF)C1O. The largest absolute Gasteiger partial charge is 0.490 e. The zero-order valence-corrected chi connectivity index (χ0v) is 19.7. The van der Waals surface area contributed by atoms with Crippen LogP contribution in [0.4, 0.5) is 14.6 Å². The molecule has 0 amide bonds. The van der Waals surface area contributed by atoms with Crippen LogP contribution in [0.3, 0.4) is 0 Å². The lowest BCUT2D eigenvalue weighted by Gasteiger charge is -2.34. The number of halogens is 2. The van der Waals surface area contributed by atoms with Crippen molar-refractivity contribution in [3.8, 4) is 0 Å². The van der Waals surface area contributed by atoms with Gasteiger partial charge in [0.15, 0.2) is 23.5 Å². The first kappa shape index (κ1) is 29.1. The van der Waals surface area contributed by atoms with Gasteiger partial charge in [0.05, 0.1) is 6.20 Å². The highest BCUT2D eigenvalue weighted by Crippen LogP contribution is 2.67. The van der Waals surface area contributed by atoms with Gasteiger partial charge in [0.1, 0.15) is 24.5 Å². The van der Waals surface area contributed by atoms with E-state index >= 15 is 0 Å². The molecule has 1 aromatic rings. The monoisotopic (exact) mass is 561 g/mol. The average Bonchev–Trinajstić information content (AvgIpc) is 2.87. The Labute approximate surface area is 188 Å². The lowest BCUT2D eigenvalue weighted by Crippen LogP contribution is -2.53. The molecule has 1 saturated heterocycles. The second-order valence-electron chi connectivity index (χ2n) is 7.43. The van der Waals surface area contributed by atoms with Crippen LogP contribution < -0.4 is 11.4 Å². The predicted octanol–water partition coefficient (Wildman–Crippen LogP) is -0.955. The summed E-state index contributed by atoms with van der Waals surface area (Å²) in [6, 6.07) is 0.